The molecule has 2 aliphatic rings. The highest BCUT2D eigenvalue weighted by molar-refractivity contribution is 5.93. The first-order valence-corrected chi connectivity index (χ1v) is 26.1. The summed E-state index contributed by atoms with van der Waals surface area (Å²) in [7, 11) is 0. The first-order chi connectivity index (χ1) is 36.6. The lowest BCUT2D eigenvalue weighted by Crippen LogP contribution is -2.67. The molecule has 0 aliphatic carbocycles. The van der Waals surface area contributed by atoms with Gasteiger partial charge in [0.25, 0.3) is 0 Å². The van der Waals surface area contributed by atoms with E-state index in [9.17, 15) is 48.6 Å². The van der Waals surface area contributed by atoms with Crippen LogP contribution in [0, 0.1) is 11.8 Å². The Labute approximate surface area is 463 Å². The Morgan fingerprint density at radius 3 is 1.43 bits per heavy atom. The summed E-state index contributed by atoms with van der Waals surface area (Å²) in [4.78, 5) is 97.7. The van der Waals surface area contributed by atoms with Gasteiger partial charge in [-0.05, 0) is 92.3 Å². The summed E-state index contributed by atoms with van der Waals surface area (Å²) in [6.45, 7) is 20.4. The highest BCUT2D eigenvalue weighted by atomic mass is 16.7. The molecule has 2 aliphatic heterocycles. The summed E-state index contributed by atoms with van der Waals surface area (Å²) in [5.74, 6) is -8.38. The normalized spacial score (nSPS) is 17.5. The van der Waals surface area contributed by atoms with E-state index in [1.807, 2.05) is 66.7 Å². The maximum atomic E-state index is 13.3. The highest BCUT2D eigenvalue weighted by Gasteiger charge is 2.49. The van der Waals surface area contributed by atoms with Crippen LogP contribution in [-0.2, 0) is 91.0 Å². The van der Waals surface area contributed by atoms with E-state index in [1.165, 1.54) is 0 Å². The van der Waals surface area contributed by atoms with Crippen molar-refractivity contribution in [3.63, 3.8) is 0 Å². The molecule has 3 aromatic carbocycles. The molecule has 0 unspecified atom stereocenters. The Balaban J connectivity index is 0.000000327. The number of rotatable bonds is 20. The van der Waals surface area contributed by atoms with Crippen LogP contribution < -0.4 is 21.7 Å². The summed E-state index contributed by atoms with van der Waals surface area (Å²) in [5, 5.41) is 26.9. The van der Waals surface area contributed by atoms with Crippen molar-refractivity contribution in [1.82, 2.24) is 16.0 Å². The molecule has 5 rings (SSSR count). The molecule has 0 radical (unpaired) electrons. The third kappa shape index (κ3) is 24.4. The first-order valence-electron chi connectivity index (χ1n) is 26.1. The van der Waals surface area contributed by atoms with Gasteiger partial charge in [-0.25, -0.2) is 14.4 Å². The van der Waals surface area contributed by atoms with Gasteiger partial charge < -0.3 is 65.1 Å². The van der Waals surface area contributed by atoms with Crippen molar-refractivity contribution >= 4 is 47.6 Å². The summed E-state index contributed by atoms with van der Waals surface area (Å²) < 4.78 is 37.5. The molecule has 0 saturated carbocycles. The van der Waals surface area contributed by atoms with E-state index >= 15 is 0 Å². The summed E-state index contributed by atoms with van der Waals surface area (Å²) in [5.41, 5.74) is 4.17. The van der Waals surface area contributed by atoms with Gasteiger partial charge in [0.15, 0.2) is 22.7 Å². The quantitative estimate of drug-likeness (QED) is 0.0595. The molecule has 21 heteroatoms. The lowest BCUT2D eigenvalue weighted by Gasteiger charge is -2.41. The third-order valence-corrected chi connectivity index (χ3v) is 11.9. The highest BCUT2D eigenvalue weighted by Crippen LogP contribution is 2.26. The first kappa shape index (κ1) is 66.5. The molecule has 3 aromatic rings. The van der Waals surface area contributed by atoms with Gasteiger partial charge in [-0.15, -0.1) is 0 Å². The molecule has 0 spiro atoms. The number of esters is 3. The minimum Gasteiger partial charge on any atom is -0.480 e. The zero-order valence-corrected chi connectivity index (χ0v) is 47.6. The molecule has 2 fully saturated rings. The van der Waals surface area contributed by atoms with E-state index in [0.29, 0.717) is 6.42 Å². The zero-order chi connectivity index (χ0) is 59.4. The zero-order valence-electron chi connectivity index (χ0n) is 47.6. The average Bonchev–Trinajstić information content (AvgIpc) is 3.36. The summed E-state index contributed by atoms with van der Waals surface area (Å²) >= 11 is 0. The number of amides is 3. The molecule has 4 atom stereocenters. The Kier molecular flexibility index (Phi) is 24.8. The number of carboxylic acids is 2. The second-order valence-corrected chi connectivity index (χ2v) is 22.6. The molecule has 0 aromatic heterocycles. The molecule has 436 valence electrons. The fourth-order valence-corrected chi connectivity index (χ4v) is 7.24. The number of hydrogen-bond donors (Lipinski definition) is 6. The lowest BCUT2D eigenvalue weighted by atomic mass is 9.97. The molecule has 79 heavy (non-hydrogen) atoms. The van der Waals surface area contributed by atoms with Crippen LogP contribution in [-0.4, -0.2) is 130 Å². The SMILES string of the molecule is CC1(C)OCC(N)(C(=O)OCc2ccccc2)CO1.C[C@@H](CC(=O)OC(C)(C)C)C(=O)N[C@H](Cc1ccccc1)C(=O)NC1(C(=O)O)COC(C)(C)OC1.C[C@@H](CCC(=O)OC(C)(C)C)C(=O)N[C@H](Cc1ccccc1)C(=O)O. The fourth-order valence-electron chi connectivity index (χ4n) is 7.24. The maximum Gasteiger partial charge on any atom is 0.334 e. The van der Waals surface area contributed by atoms with Crippen LogP contribution in [0.4, 0.5) is 0 Å². The molecule has 2 heterocycles. The predicted octanol–water partition coefficient (Wildman–Crippen LogP) is 5.57. The van der Waals surface area contributed by atoms with Gasteiger partial charge in [-0.1, -0.05) is 105 Å². The van der Waals surface area contributed by atoms with Crippen molar-refractivity contribution in [2.75, 3.05) is 26.4 Å². The largest absolute Gasteiger partial charge is 0.480 e. The number of carbonyl (C=O) groups excluding carboxylic acids is 6. The van der Waals surface area contributed by atoms with Crippen molar-refractivity contribution < 1.29 is 81.7 Å². The molecule has 21 nitrogen and oxygen atoms in total. The van der Waals surface area contributed by atoms with Crippen LogP contribution in [0.15, 0.2) is 91.0 Å². The Bertz CT molecular complexity index is 2470. The monoisotopic (exact) mass is 1110 g/mol. The number of aliphatic carboxylic acids is 2. The van der Waals surface area contributed by atoms with Crippen molar-refractivity contribution in [3.8, 4) is 0 Å². The molecule has 7 N–H and O–H groups in total. The van der Waals surface area contributed by atoms with Crippen LogP contribution in [0.1, 0.15) is 119 Å². The van der Waals surface area contributed by atoms with Crippen LogP contribution in [0.5, 0.6) is 0 Å². The summed E-state index contributed by atoms with van der Waals surface area (Å²) in [6.07, 6.45) is 0.570. The molecule has 0 bridgehead atoms. The van der Waals surface area contributed by atoms with Crippen molar-refractivity contribution in [2.24, 2.45) is 17.6 Å². The third-order valence-electron chi connectivity index (χ3n) is 11.9. The Morgan fingerprint density at radius 2 is 0.987 bits per heavy atom. The van der Waals surface area contributed by atoms with Crippen LogP contribution in [0.3, 0.4) is 0 Å². The molecular weight excluding hydrogens is 1020 g/mol. The van der Waals surface area contributed by atoms with Crippen molar-refractivity contribution in [2.45, 2.75) is 168 Å². The fraction of sp³-hybridized carbons (Fsp3) is 0.552. The molecular formula is C58H82N4O17. The lowest BCUT2D eigenvalue weighted by molar-refractivity contribution is -0.270. The number of benzene rings is 3. The van der Waals surface area contributed by atoms with E-state index in [0.717, 1.165) is 16.7 Å². The van der Waals surface area contributed by atoms with Gasteiger partial charge in [0.05, 0.1) is 32.8 Å². The van der Waals surface area contributed by atoms with E-state index in [2.05, 4.69) is 16.0 Å². The second kappa shape index (κ2) is 29.4. The number of ether oxygens (including phenoxy) is 7. The summed E-state index contributed by atoms with van der Waals surface area (Å²) in [6, 6.07) is 25.4. The standard InChI is InChI=1S/C25H36N2O8.C19H27NO5.C14H19NO4/c1-16(12-19(28)35-23(2,3)4)20(29)26-18(13-17-10-8-7-9-11-17)21(30)27-25(22(31)32)14-33-24(5,6)34-15-25;1-13(10-11-16(21)25-19(2,3)4)17(22)20-15(18(23)24)12-14-8-6-5-7-9-14;1-13(2)18-9-14(15,10-19-13)12(16)17-8-11-6-4-3-5-7-11/h7-11,16,18H,12-15H2,1-6H3,(H,26,29)(H,27,30)(H,31,32);5-9,13,15H,10-12H2,1-4H3,(H,20,22)(H,23,24);3-7H,8-10,15H2,1-2H3/t16-,18+;13-,15+;/m00./s1. The maximum absolute atomic E-state index is 13.3. The number of carbonyl (C=O) groups is 8. The van der Waals surface area contributed by atoms with E-state index < -0.39 is 93.5 Å². The van der Waals surface area contributed by atoms with E-state index in [1.54, 1.807) is 107 Å². The molecule has 2 saturated heterocycles. The molecule has 3 amide bonds. The van der Waals surface area contributed by atoms with Crippen LogP contribution in [0.25, 0.3) is 0 Å². The van der Waals surface area contributed by atoms with Crippen molar-refractivity contribution in [1.29, 1.82) is 0 Å². The van der Waals surface area contributed by atoms with Crippen LogP contribution >= 0.6 is 0 Å². The predicted molar refractivity (Wildman–Crippen MR) is 289 cm³/mol. The van der Waals surface area contributed by atoms with Crippen molar-refractivity contribution in [3.05, 3.63) is 108 Å². The number of nitrogens with one attached hydrogen (secondary N) is 3. The Morgan fingerprint density at radius 1 is 0.582 bits per heavy atom. The average molecular weight is 1110 g/mol. The smallest absolute Gasteiger partial charge is 0.334 e. The van der Waals surface area contributed by atoms with E-state index in [-0.39, 0.29) is 70.6 Å². The minimum atomic E-state index is -1.81. The van der Waals surface area contributed by atoms with Gasteiger partial charge in [0, 0.05) is 31.1 Å². The Hall–Kier alpha value is -6.78. The topological polar surface area (TPSA) is 304 Å². The number of nitrogens with two attached hydrogens (primary N) is 1. The van der Waals surface area contributed by atoms with Gasteiger partial charge in [-0.3, -0.25) is 24.0 Å². The van der Waals surface area contributed by atoms with Gasteiger partial charge in [0.1, 0.15) is 29.9 Å². The van der Waals surface area contributed by atoms with Gasteiger partial charge in [0.2, 0.25) is 17.7 Å². The minimum absolute atomic E-state index is 0.0909. The number of carboxylic acid groups (broad SMARTS) is 2. The second-order valence-electron chi connectivity index (χ2n) is 22.6. The van der Waals surface area contributed by atoms with Gasteiger partial charge >= 0.3 is 29.8 Å². The van der Waals surface area contributed by atoms with Gasteiger partial charge in [-0.2, -0.15) is 0 Å². The van der Waals surface area contributed by atoms with Crippen LogP contribution in [0.2, 0.25) is 0 Å². The van der Waals surface area contributed by atoms with E-state index in [4.69, 9.17) is 38.9 Å². The number of hydrogen-bond acceptors (Lipinski definition) is 16.